The van der Waals surface area contributed by atoms with E-state index in [0.717, 1.165) is 37.5 Å². The molecule has 96 valence electrons. The maximum atomic E-state index is 5.46. The highest BCUT2D eigenvalue weighted by atomic mass is 16.5. The fourth-order valence-electron chi connectivity index (χ4n) is 1.51. The van der Waals surface area contributed by atoms with Gasteiger partial charge in [-0.2, -0.15) is 0 Å². The van der Waals surface area contributed by atoms with Crippen molar-refractivity contribution in [1.29, 1.82) is 0 Å². The first-order chi connectivity index (χ1) is 8.26. The fourth-order valence-corrected chi connectivity index (χ4v) is 1.51. The molecule has 1 rings (SSSR count). The molecule has 4 nitrogen and oxygen atoms in total. The van der Waals surface area contributed by atoms with Crippen molar-refractivity contribution in [3.8, 4) is 0 Å². The Labute approximate surface area is 104 Å². The topological polar surface area (TPSA) is 46.2 Å². The van der Waals surface area contributed by atoms with E-state index < -0.39 is 0 Å². The minimum atomic E-state index is 0.215. The van der Waals surface area contributed by atoms with Crippen LogP contribution in [0.5, 0.6) is 0 Å². The van der Waals surface area contributed by atoms with Crippen LogP contribution in [0.3, 0.4) is 0 Å². The van der Waals surface area contributed by atoms with Gasteiger partial charge in [-0.3, -0.25) is 4.98 Å². The molecular formula is C13H23N3O. The number of hydrogen-bond donors (Lipinski definition) is 2. The lowest BCUT2D eigenvalue weighted by molar-refractivity contribution is 0.0855. The molecule has 0 aliphatic rings. The SMILES string of the molecule is CCCNc1cncc(NCC(C)OCC)c1. The largest absolute Gasteiger partial charge is 0.384 e. The van der Waals surface area contributed by atoms with E-state index in [2.05, 4.69) is 35.5 Å². The zero-order chi connectivity index (χ0) is 12.5. The smallest absolute Gasteiger partial charge is 0.0719 e. The Morgan fingerprint density at radius 1 is 1.24 bits per heavy atom. The lowest BCUT2D eigenvalue weighted by Gasteiger charge is -2.14. The van der Waals surface area contributed by atoms with E-state index >= 15 is 0 Å². The number of nitrogens with one attached hydrogen (secondary N) is 2. The van der Waals surface area contributed by atoms with E-state index in [9.17, 15) is 0 Å². The Morgan fingerprint density at radius 3 is 2.59 bits per heavy atom. The van der Waals surface area contributed by atoms with Gasteiger partial charge in [0, 0.05) is 19.7 Å². The standard InChI is InChI=1S/C13H23N3O/c1-4-6-15-12-7-13(10-14-9-12)16-8-11(3)17-5-2/h7,9-11,15-16H,4-6,8H2,1-3H3. The third kappa shape index (κ3) is 5.54. The van der Waals surface area contributed by atoms with Crippen molar-refractivity contribution < 1.29 is 4.74 Å². The summed E-state index contributed by atoms with van der Waals surface area (Å²) in [6.45, 7) is 8.73. The molecule has 0 radical (unpaired) electrons. The van der Waals surface area contributed by atoms with Crippen LogP contribution in [-0.4, -0.2) is 30.8 Å². The van der Waals surface area contributed by atoms with Crippen molar-refractivity contribution in [3.63, 3.8) is 0 Å². The molecule has 0 aliphatic carbocycles. The van der Waals surface area contributed by atoms with Crippen LogP contribution in [0.4, 0.5) is 11.4 Å². The second-order valence-electron chi connectivity index (χ2n) is 4.04. The van der Waals surface area contributed by atoms with Crippen molar-refractivity contribution in [2.75, 3.05) is 30.3 Å². The van der Waals surface area contributed by atoms with Crippen molar-refractivity contribution >= 4 is 11.4 Å². The maximum Gasteiger partial charge on any atom is 0.0719 e. The van der Waals surface area contributed by atoms with Crippen LogP contribution in [0, 0.1) is 0 Å². The quantitative estimate of drug-likeness (QED) is 0.730. The summed E-state index contributed by atoms with van der Waals surface area (Å²) >= 11 is 0. The normalized spacial score (nSPS) is 12.2. The number of rotatable bonds is 8. The van der Waals surface area contributed by atoms with Crippen LogP contribution in [-0.2, 0) is 4.74 Å². The molecule has 1 aromatic rings. The lowest BCUT2D eigenvalue weighted by atomic mass is 10.3. The summed E-state index contributed by atoms with van der Waals surface area (Å²) in [4.78, 5) is 4.20. The summed E-state index contributed by atoms with van der Waals surface area (Å²) in [6, 6.07) is 2.07. The number of aromatic nitrogens is 1. The van der Waals surface area contributed by atoms with Gasteiger partial charge in [0.2, 0.25) is 0 Å². The van der Waals surface area contributed by atoms with E-state index in [-0.39, 0.29) is 6.10 Å². The Kier molecular flexibility index (Phi) is 6.40. The number of nitrogens with zero attached hydrogens (tertiary/aromatic N) is 1. The second-order valence-corrected chi connectivity index (χ2v) is 4.04. The van der Waals surface area contributed by atoms with Gasteiger partial charge in [0.1, 0.15) is 0 Å². The molecule has 0 bridgehead atoms. The molecule has 0 spiro atoms. The predicted molar refractivity (Wildman–Crippen MR) is 72.6 cm³/mol. The first-order valence-electron chi connectivity index (χ1n) is 6.30. The predicted octanol–water partition coefficient (Wildman–Crippen LogP) is 2.74. The average Bonchev–Trinajstić information content (AvgIpc) is 2.35. The zero-order valence-electron chi connectivity index (χ0n) is 11.0. The summed E-state index contributed by atoms with van der Waals surface area (Å²) in [5.74, 6) is 0. The Balaban J connectivity index is 2.42. The average molecular weight is 237 g/mol. The van der Waals surface area contributed by atoms with Gasteiger partial charge in [0.15, 0.2) is 0 Å². The van der Waals surface area contributed by atoms with E-state index in [4.69, 9.17) is 4.74 Å². The number of ether oxygens (including phenoxy) is 1. The van der Waals surface area contributed by atoms with Crippen molar-refractivity contribution in [2.24, 2.45) is 0 Å². The molecule has 1 heterocycles. The van der Waals surface area contributed by atoms with E-state index in [1.165, 1.54) is 0 Å². The van der Waals surface area contributed by atoms with E-state index in [0.29, 0.717) is 0 Å². The molecule has 0 aromatic carbocycles. The van der Waals surface area contributed by atoms with Crippen molar-refractivity contribution in [3.05, 3.63) is 18.5 Å². The maximum absolute atomic E-state index is 5.46. The van der Waals surface area contributed by atoms with Gasteiger partial charge < -0.3 is 15.4 Å². The highest BCUT2D eigenvalue weighted by molar-refractivity contribution is 5.53. The van der Waals surface area contributed by atoms with Crippen molar-refractivity contribution in [1.82, 2.24) is 4.98 Å². The Hall–Kier alpha value is -1.29. The van der Waals surface area contributed by atoms with Gasteiger partial charge in [-0.15, -0.1) is 0 Å². The number of pyridine rings is 1. The Morgan fingerprint density at radius 2 is 1.94 bits per heavy atom. The van der Waals surface area contributed by atoms with Gasteiger partial charge in [0.25, 0.3) is 0 Å². The van der Waals surface area contributed by atoms with Crippen LogP contribution in [0.15, 0.2) is 18.5 Å². The van der Waals surface area contributed by atoms with E-state index in [1.54, 1.807) is 0 Å². The van der Waals surface area contributed by atoms with Crippen LogP contribution in [0.25, 0.3) is 0 Å². The van der Waals surface area contributed by atoms with Crippen LogP contribution in [0.1, 0.15) is 27.2 Å². The van der Waals surface area contributed by atoms with Gasteiger partial charge in [-0.05, 0) is 26.3 Å². The van der Waals surface area contributed by atoms with Crippen LogP contribution < -0.4 is 10.6 Å². The molecule has 0 saturated heterocycles. The molecular weight excluding hydrogens is 214 g/mol. The third-order valence-corrected chi connectivity index (χ3v) is 2.36. The minimum absolute atomic E-state index is 0.215. The first-order valence-corrected chi connectivity index (χ1v) is 6.30. The monoisotopic (exact) mass is 237 g/mol. The molecule has 17 heavy (non-hydrogen) atoms. The van der Waals surface area contributed by atoms with Gasteiger partial charge in [-0.1, -0.05) is 6.92 Å². The molecule has 1 atom stereocenters. The summed E-state index contributed by atoms with van der Waals surface area (Å²) in [7, 11) is 0. The second kappa shape index (κ2) is 7.90. The van der Waals surface area contributed by atoms with E-state index in [1.807, 2.05) is 19.3 Å². The molecule has 1 aromatic heterocycles. The first kappa shape index (κ1) is 13.8. The molecule has 0 aliphatic heterocycles. The molecule has 4 heteroatoms. The minimum Gasteiger partial charge on any atom is -0.384 e. The van der Waals surface area contributed by atoms with Gasteiger partial charge in [-0.25, -0.2) is 0 Å². The zero-order valence-corrected chi connectivity index (χ0v) is 11.0. The summed E-state index contributed by atoms with van der Waals surface area (Å²) < 4.78 is 5.46. The number of anilines is 2. The summed E-state index contributed by atoms with van der Waals surface area (Å²) in [5.41, 5.74) is 2.08. The molecule has 0 saturated carbocycles. The third-order valence-electron chi connectivity index (χ3n) is 2.36. The molecule has 0 amide bonds. The van der Waals surface area contributed by atoms with Gasteiger partial charge in [0.05, 0.1) is 29.9 Å². The van der Waals surface area contributed by atoms with Gasteiger partial charge >= 0.3 is 0 Å². The lowest BCUT2D eigenvalue weighted by Crippen LogP contribution is -2.19. The fraction of sp³-hybridized carbons (Fsp3) is 0.615. The van der Waals surface area contributed by atoms with Crippen LogP contribution >= 0.6 is 0 Å². The molecule has 0 fully saturated rings. The molecule has 2 N–H and O–H groups in total. The highest BCUT2D eigenvalue weighted by Crippen LogP contribution is 2.12. The molecule has 1 unspecified atom stereocenters. The van der Waals surface area contributed by atoms with Crippen LogP contribution in [0.2, 0.25) is 0 Å². The van der Waals surface area contributed by atoms with Crippen molar-refractivity contribution in [2.45, 2.75) is 33.3 Å². The summed E-state index contributed by atoms with van der Waals surface area (Å²) in [5, 5.41) is 6.63. The number of hydrogen-bond acceptors (Lipinski definition) is 4. The highest BCUT2D eigenvalue weighted by Gasteiger charge is 2.01. The summed E-state index contributed by atoms with van der Waals surface area (Å²) in [6.07, 6.45) is 4.99. The Bertz CT molecular complexity index is 317.